The normalized spacial score (nSPS) is 15.2. The molecule has 3 rings (SSSR count). The molecular formula is C21H21BrN2O4S. The van der Waals surface area contributed by atoms with Crippen LogP contribution in [-0.4, -0.2) is 48.5 Å². The van der Waals surface area contributed by atoms with E-state index in [1.165, 1.54) is 26.2 Å². The number of thiocarbonyl (C=S) groups is 1. The van der Waals surface area contributed by atoms with Crippen LogP contribution in [0.15, 0.2) is 45.9 Å². The van der Waals surface area contributed by atoms with Crippen molar-refractivity contribution in [3.63, 3.8) is 0 Å². The van der Waals surface area contributed by atoms with Gasteiger partial charge in [0.15, 0.2) is 11.5 Å². The van der Waals surface area contributed by atoms with Crippen molar-refractivity contribution in [3.8, 4) is 17.2 Å². The number of carbonyl (C=O) groups excluding carboxylic acids is 1. The van der Waals surface area contributed by atoms with Crippen LogP contribution >= 0.6 is 28.1 Å². The lowest BCUT2D eigenvalue weighted by Crippen LogP contribution is -2.46. The molecule has 6 nitrogen and oxygen atoms in total. The predicted octanol–water partition coefficient (Wildman–Crippen LogP) is 4.48. The van der Waals surface area contributed by atoms with Crippen LogP contribution in [0.4, 0.5) is 0 Å². The Morgan fingerprint density at radius 3 is 2.07 bits per heavy atom. The summed E-state index contributed by atoms with van der Waals surface area (Å²) in [6, 6.07) is 10.9. The minimum atomic E-state index is -0.836. The number of carbonyl (C=O) groups is 1. The third-order valence-corrected chi connectivity index (χ3v) is 5.48. The SMILES string of the molecule is COc1cc(C(=O)N2C(=S)C(c3ccc(Br)cc3)=NC2(C)C)cc(OC)c1OC. The molecule has 2 aromatic rings. The molecule has 0 saturated carbocycles. The summed E-state index contributed by atoms with van der Waals surface area (Å²) in [5.41, 5.74) is 0.990. The van der Waals surface area contributed by atoms with Gasteiger partial charge in [-0.25, -0.2) is 0 Å². The van der Waals surface area contributed by atoms with Gasteiger partial charge in [-0.15, -0.1) is 0 Å². The average molecular weight is 477 g/mol. The number of amides is 1. The van der Waals surface area contributed by atoms with Gasteiger partial charge in [0.2, 0.25) is 5.75 Å². The lowest BCUT2D eigenvalue weighted by atomic mass is 10.1. The first-order valence-corrected chi connectivity index (χ1v) is 9.98. The minimum absolute atomic E-state index is 0.296. The molecule has 1 heterocycles. The molecule has 0 bridgehead atoms. The molecule has 2 aromatic carbocycles. The zero-order valence-electron chi connectivity index (χ0n) is 16.8. The molecule has 0 radical (unpaired) electrons. The number of aliphatic imine (C=N–C) groups is 1. The maximum Gasteiger partial charge on any atom is 0.261 e. The van der Waals surface area contributed by atoms with E-state index >= 15 is 0 Å². The van der Waals surface area contributed by atoms with Crippen LogP contribution in [0.25, 0.3) is 0 Å². The first-order valence-electron chi connectivity index (χ1n) is 8.78. The van der Waals surface area contributed by atoms with Crippen LogP contribution in [0.2, 0.25) is 0 Å². The lowest BCUT2D eigenvalue weighted by Gasteiger charge is -2.29. The highest BCUT2D eigenvalue weighted by Crippen LogP contribution is 2.39. The van der Waals surface area contributed by atoms with Crippen molar-refractivity contribution in [1.29, 1.82) is 0 Å². The van der Waals surface area contributed by atoms with E-state index in [9.17, 15) is 4.79 Å². The van der Waals surface area contributed by atoms with E-state index in [1.807, 2.05) is 38.1 Å². The van der Waals surface area contributed by atoms with E-state index in [-0.39, 0.29) is 5.91 Å². The van der Waals surface area contributed by atoms with E-state index in [2.05, 4.69) is 15.9 Å². The van der Waals surface area contributed by atoms with Crippen LogP contribution in [0.1, 0.15) is 29.8 Å². The summed E-state index contributed by atoms with van der Waals surface area (Å²) >= 11 is 9.07. The number of methoxy groups -OCH3 is 3. The minimum Gasteiger partial charge on any atom is -0.493 e. The van der Waals surface area contributed by atoms with Gasteiger partial charge in [0.05, 0.1) is 21.3 Å². The largest absolute Gasteiger partial charge is 0.493 e. The zero-order valence-corrected chi connectivity index (χ0v) is 19.2. The summed E-state index contributed by atoms with van der Waals surface area (Å²) in [4.78, 5) is 20.1. The van der Waals surface area contributed by atoms with Crippen molar-refractivity contribution in [1.82, 2.24) is 4.90 Å². The van der Waals surface area contributed by atoms with Crippen molar-refractivity contribution in [2.75, 3.05) is 21.3 Å². The summed E-state index contributed by atoms with van der Waals surface area (Å²) in [6.07, 6.45) is 0. The molecule has 0 atom stereocenters. The number of hydrogen-bond donors (Lipinski definition) is 0. The Morgan fingerprint density at radius 1 is 1.03 bits per heavy atom. The Bertz CT molecular complexity index is 977. The predicted molar refractivity (Wildman–Crippen MR) is 120 cm³/mol. The Hall–Kier alpha value is -2.45. The molecule has 0 aliphatic carbocycles. The highest BCUT2D eigenvalue weighted by atomic mass is 79.9. The van der Waals surface area contributed by atoms with Gasteiger partial charge in [-0.2, -0.15) is 0 Å². The smallest absolute Gasteiger partial charge is 0.261 e. The summed E-state index contributed by atoms with van der Waals surface area (Å²) in [6.45, 7) is 3.70. The molecule has 0 saturated heterocycles. The van der Waals surface area contributed by atoms with Crippen LogP contribution < -0.4 is 14.2 Å². The Balaban J connectivity index is 2.02. The first-order chi connectivity index (χ1) is 13.7. The van der Waals surface area contributed by atoms with Crippen molar-refractivity contribution >= 4 is 44.8 Å². The fraction of sp³-hybridized carbons (Fsp3) is 0.286. The molecule has 0 aromatic heterocycles. The fourth-order valence-corrected chi connectivity index (χ4v) is 3.93. The maximum atomic E-state index is 13.4. The number of halogens is 1. The van der Waals surface area contributed by atoms with Gasteiger partial charge in [0, 0.05) is 15.6 Å². The molecule has 8 heteroatoms. The number of rotatable bonds is 5. The quantitative estimate of drug-likeness (QED) is 0.595. The van der Waals surface area contributed by atoms with E-state index < -0.39 is 5.66 Å². The van der Waals surface area contributed by atoms with Gasteiger partial charge in [-0.1, -0.05) is 40.3 Å². The number of nitrogens with zero attached hydrogens (tertiary/aromatic N) is 2. The molecule has 0 spiro atoms. The third-order valence-electron chi connectivity index (χ3n) is 4.57. The summed E-state index contributed by atoms with van der Waals surface area (Å²) < 4.78 is 17.0. The highest BCUT2D eigenvalue weighted by molar-refractivity contribution is 9.10. The monoisotopic (exact) mass is 476 g/mol. The van der Waals surface area contributed by atoms with E-state index in [1.54, 1.807) is 12.1 Å². The topological polar surface area (TPSA) is 60.4 Å². The van der Waals surface area contributed by atoms with Crippen molar-refractivity contribution in [3.05, 3.63) is 52.0 Å². The molecular weight excluding hydrogens is 456 g/mol. The molecule has 0 fully saturated rings. The van der Waals surface area contributed by atoms with Crippen molar-refractivity contribution < 1.29 is 19.0 Å². The molecule has 1 amide bonds. The van der Waals surface area contributed by atoms with Crippen molar-refractivity contribution in [2.45, 2.75) is 19.5 Å². The highest BCUT2D eigenvalue weighted by Gasteiger charge is 2.42. The van der Waals surface area contributed by atoms with E-state index in [4.69, 9.17) is 31.4 Å². The molecule has 1 aliphatic rings. The summed E-state index contributed by atoms with van der Waals surface area (Å²) in [5, 5.41) is 0. The van der Waals surface area contributed by atoms with Gasteiger partial charge in [-0.3, -0.25) is 14.7 Å². The average Bonchev–Trinajstić information content (AvgIpc) is 2.95. The molecule has 29 heavy (non-hydrogen) atoms. The molecule has 0 N–H and O–H groups in total. The van der Waals surface area contributed by atoms with Crippen LogP contribution in [0.3, 0.4) is 0 Å². The van der Waals surface area contributed by atoms with Gasteiger partial charge in [-0.05, 0) is 38.1 Å². The summed E-state index contributed by atoms with van der Waals surface area (Å²) in [7, 11) is 4.52. The van der Waals surface area contributed by atoms with Crippen LogP contribution in [0.5, 0.6) is 17.2 Å². The van der Waals surface area contributed by atoms with E-state index in [0.717, 1.165) is 10.0 Å². The van der Waals surface area contributed by atoms with Gasteiger partial charge in [0.1, 0.15) is 16.4 Å². The second-order valence-corrected chi connectivity index (χ2v) is 8.12. The third kappa shape index (κ3) is 3.86. The standard InChI is InChI=1S/C21H21BrN2O4S/c1-21(2)23-17(12-6-8-14(22)9-7-12)20(29)24(21)19(25)13-10-15(26-3)18(28-5)16(11-13)27-4/h6-11H,1-5H3. The summed E-state index contributed by atoms with van der Waals surface area (Å²) in [5.74, 6) is 0.913. The Kier molecular flexibility index (Phi) is 5.95. The second kappa shape index (κ2) is 8.12. The Labute approximate surface area is 183 Å². The van der Waals surface area contributed by atoms with E-state index in [0.29, 0.717) is 33.5 Å². The lowest BCUT2D eigenvalue weighted by molar-refractivity contribution is 0.0757. The molecule has 152 valence electrons. The van der Waals surface area contributed by atoms with Crippen LogP contribution in [0, 0.1) is 0 Å². The van der Waals surface area contributed by atoms with Gasteiger partial charge < -0.3 is 14.2 Å². The second-order valence-electron chi connectivity index (χ2n) is 6.82. The van der Waals surface area contributed by atoms with Crippen molar-refractivity contribution in [2.24, 2.45) is 4.99 Å². The number of ether oxygens (including phenoxy) is 3. The molecule has 0 unspecified atom stereocenters. The first kappa shape index (κ1) is 21.3. The number of hydrogen-bond acceptors (Lipinski definition) is 6. The number of benzene rings is 2. The maximum absolute atomic E-state index is 13.4. The fourth-order valence-electron chi connectivity index (χ4n) is 3.20. The Morgan fingerprint density at radius 2 is 1.59 bits per heavy atom. The van der Waals surface area contributed by atoms with Gasteiger partial charge >= 0.3 is 0 Å². The van der Waals surface area contributed by atoms with Gasteiger partial charge in [0.25, 0.3) is 5.91 Å². The zero-order chi connectivity index (χ0) is 21.3. The van der Waals surface area contributed by atoms with Crippen LogP contribution in [-0.2, 0) is 0 Å². The molecule has 1 aliphatic heterocycles.